The Labute approximate surface area is 238 Å². The number of nitrogens with zero attached hydrogens (tertiary/aromatic N) is 1. The van der Waals surface area contributed by atoms with Crippen LogP contribution in [-0.2, 0) is 0 Å². The second-order valence-corrected chi connectivity index (χ2v) is 9.57. The predicted molar refractivity (Wildman–Crippen MR) is 164 cm³/mol. The quantitative estimate of drug-likeness (QED) is 0.176. The van der Waals surface area contributed by atoms with Crippen LogP contribution in [0.2, 0.25) is 0 Å². The maximum atomic E-state index is 9.85. The fourth-order valence-electron chi connectivity index (χ4n) is 4.43. The van der Waals surface area contributed by atoms with Gasteiger partial charge in [0.1, 0.15) is 28.7 Å². The van der Waals surface area contributed by atoms with Crippen molar-refractivity contribution in [3.8, 4) is 62.4 Å². The van der Waals surface area contributed by atoms with Crippen molar-refractivity contribution in [1.82, 2.24) is 4.98 Å². The maximum absolute atomic E-state index is 9.85. The first kappa shape index (κ1) is 25.5. The SMILES string of the molecule is Nc1ccc(Oc2cccc(-c3cc(-c4ccc(O)cc4)cc(-c4cccc(Oc5ccc(N)cc5)c4)n3)c2)cc1. The predicted octanol–water partition coefficient (Wildman–Crippen LogP) is 8.54. The van der Waals surface area contributed by atoms with Crippen molar-refractivity contribution >= 4 is 11.4 Å². The van der Waals surface area contributed by atoms with Gasteiger partial charge < -0.3 is 26.0 Å². The van der Waals surface area contributed by atoms with Crippen LogP contribution in [0.1, 0.15) is 0 Å². The number of aromatic hydroxyl groups is 1. The zero-order valence-corrected chi connectivity index (χ0v) is 22.1. The van der Waals surface area contributed by atoms with Crippen LogP contribution >= 0.6 is 0 Å². The summed E-state index contributed by atoms with van der Waals surface area (Å²) in [6.07, 6.45) is 0. The first-order chi connectivity index (χ1) is 20.0. The van der Waals surface area contributed by atoms with Crippen LogP contribution in [0, 0.1) is 0 Å². The molecule has 0 saturated carbocycles. The molecule has 6 heteroatoms. The summed E-state index contributed by atoms with van der Waals surface area (Å²) in [5.41, 5.74) is 18.2. The Kier molecular flexibility index (Phi) is 6.95. The highest BCUT2D eigenvalue weighted by molar-refractivity contribution is 5.77. The summed E-state index contributed by atoms with van der Waals surface area (Å²) in [5.74, 6) is 2.97. The van der Waals surface area contributed by atoms with E-state index in [9.17, 15) is 5.11 Å². The second kappa shape index (κ2) is 11.2. The third kappa shape index (κ3) is 6.13. The van der Waals surface area contributed by atoms with Gasteiger partial charge in [0.2, 0.25) is 0 Å². The summed E-state index contributed by atoms with van der Waals surface area (Å²) < 4.78 is 12.2. The number of pyridine rings is 1. The lowest BCUT2D eigenvalue weighted by Gasteiger charge is -2.13. The van der Waals surface area contributed by atoms with Gasteiger partial charge in [-0.1, -0.05) is 36.4 Å². The highest BCUT2D eigenvalue weighted by Gasteiger charge is 2.11. The molecule has 0 spiro atoms. The van der Waals surface area contributed by atoms with Crippen molar-refractivity contribution in [1.29, 1.82) is 0 Å². The van der Waals surface area contributed by atoms with Gasteiger partial charge >= 0.3 is 0 Å². The van der Waals surface area contributed by atoms with Crippen molar-refractivity contribution in [3.63, 3.8) is 0 Å². The molecule has 0 aliphatic heterocycles. The average Bonchev–Trinajstić information content (AvgIpc) is 3.00. The smallest absolute Gasteiger partial charge is 0.128 e. The highest BCUT2D eigenvalue weighted by atomic mass is 16.5. The van der Waals surface area contributed by atoms with Crippen LogP contribution < -0.4 is 20.9 Å². The summed E-state index contributed by atoms with van der Waals surface area (Å²) in [5, 5.41) is 9.85. The van der Waals surface area contributed by atoms with E-state index in [4.69, 9.17) is 25.9 Å². The lowest BCUT2D eigenvalue weighted by atomic mass is 9.99. The second-order valence-electron chi connectivity index (χ2n) is 9.57. The maximum Gasteiger partial charge on any atom is 0.128 e. The van der Waals surface area contributed by atoms with E-state index in [0.29, 0.717) is 34.4 Å². The van der Waals surface area contributed by atoms with Crippen LogP contribution in [0.3, 0.4) is 0 Å². The van der Waals surface area contributed by atoms with Gasteiger partial charge in [-0.05, 0) is 108 Å². The lowest BCUT2D eigenvalue weighted by Crippen LogP contribution is -1.93. The molecule has 0 aliphatic carbocycles. The van der Waals surface area contributed by atoms with Gasteiger partial charge in [0.15, 0.2) is 0 Å². The molecule has 6 nitrogen and oxygen atoms in total. The first-order valence-corrected chi connectivity index (χ1v) is 13.1. The minimum Gasteiger partial charge on any atom is -0.508 e. The number of ether oxygens (including phenoxy) is 2. The van der Waals surface area contributed by atoms with Crippen LogP contribution in [0.25, 0.3) is 33.6 Å². The summed E-state index contributed by atoms with van der Waals surface area (Å²) in [7, 11) is 0. The zero-order chi connectivity index (χ0) is 28.2. The van der Waals surface area contributed by atoms with E-state index in [1.807, 2.05) is 97.1 Å². The van der Waals surface area contributed by atoms with Crippen molar-refractivity contribution < 1.29 is 14.6 Å². The molecule has 0 aliphatic rings. The number of nitrogens with two attached hydrogens (primary N) is 2. The van der Waals surface area contributed by atoms with Crippen LogP contribution in [0.4, 0.5) is 11.4 Å². The molecule has 0 amide bonds. The Balaban J connectivity index is 1.39. The molecule has 0 bridgehead atoms. The number of anilines is 2. The van der Waals surface area contributed by atoms with Gasteiger partial charge in [0.25, 0.3) is 0 Å². The first-order valence-electron chi connectivity index (χ1n) is 13.1. The molecule has 5 aromatic carbocycles. The van der Waals surface area contributed by atoms with Crippen molar-refractivity contribution in [2.45, 2.75) is 0 Å². The summed E-state index contributed by atoms with van der Waals surface area (Å²) in [4.78, 5) is 5.04. The number of benzene rings is 5. The molecule has 200 valence electrons. The molecule has 0 unspecified atom stereocenters. The van der Waals surface area contributed by atoms with Crippen molar-refractivity contribution in [2.24, 2.45) is 0 Å². The Morgan fingerprint density at radius 3 is 1.37 bits per heavy atom. The number of hydrogen-bond donors (Lipinski definition) is 3. The molecule has 1 aromatic heterocycles. The monoisotopic (exact) mass is 537 g/mol. The Hall–Kier alpha value is -5.75. The topological polar surface area (TPSA) is 104 Å². The van der Waals surface area contributed by atoms with Crippen LogP contribution in [0.15, 0.2) is 133 Å². The fraction of sp³-hybridized carbons (Fsp3) is 0. The van der Waals surface area contributed by atoms with Crippen LogP contribution in [0.5, 0.6) is 28.7 Å². The third-order valence-corrected chi connectivity index (χ3v) is 6.52. The summed E-state index contributed by atoms with van der Waals surface area (Å²) in [6, 6.07) is 41.4. The summed E-state index contributed by atoms with van der Waals surface area (Å²) in [6.45, 7) is 0. The third-order valence-electron chi connectivity index (χ3n) is 6.52. The van der Waals surface area contributed by atoms with Crippen molar-refractivity contribution in [2.75, 3.05) is 11.5 Å². The lowest BCUT2D eigenvalue weighted by molar-refractivity contribution is 0.475. The summed E-state index contributed by atoms with van der Waals surface area (Å²) >= 11 is 0. The Morgan fingerprint density at radius 1 is 0.439 bits per heavy atom. The van der Waals surface area contributed by atoms with Gasteiger partial charge in [0, 0.05) is 22.5 Å². The van der Waals surface area contributed by atoms with E-state index >= 15 is 0 Å². The molecule has 6 aromatic rings. The molecule has 0 atom stereocenters. The average molecular weight is 538 g/mol. The molecule has 5 N–H and O–H groups in total. The molecule has 6 rings (SSSR count). The number of rotatable bonds is 7. The molecule has 41 heavy (non-hydrogen) atoms. The number of aromatic nitrogens is 1. The van der Waals surface area contributed by atoms with Gasteiger partial charge in [0.05, 0.1) is 11.4 Å². The Bertz CT molecular complexity index is 1690. The standard InChI is InChI=1S/C35H27N3O3/c36-27-9-15-30(16-10-27)40-32-5-1-3-24(19-32)34-21-26(23-7-13-29(39)14-8-23)22-35(38-34)25-4-2-6-33(20-25)41-31-17-11-28(37)12-18-31/h1-22,39H,36-37H2. The molecule has 0 fully saturated rings. The normalized spacial score (nSPS) is 10.7. The van der Waals surface area contributed by atoms with Gasteiger partial charge in [-0.15, -0.1) is 0 Å². The number of phenolic OH excluding ortho intramolecular Hbond substituents is 1. The number of hydrogen-bond acceptors (Lipinski definition) is 6. The molecule has 0 radical (unpaired) electrons. The van der Waals surface area contributed by atoms with E-state index in [0.717, 1.165) is 33.6 Å². The zero-order valence-electron chi connectivity index (χ0n) is 22.1. The van der Waals surface area contributed by atoms with E-state index < -0.39 is 0 Å². The number of phenols is 1. The van der Waals surface area contributed by atoms with Crippen LogP contribution in [-0.4, -0.2) is 10.1 Å². The fourth-order valence-corrected chi connectivity index (χ4v) is 4.43. The van der Waals surface area contributed by atoms with E-state index in [2.05, 4.69) is 0 Å². The largest absolute Gasteiger partial charge is 0.508 e. The van der Waals surface area contributed by atoms with Gasteiger partial charge in [-0.2, -0.15) is 0 Å². The molecule has 0 saturated heterocycles. The number of nitrogen functional groups attached to an aromatic ring is 2. The van der Waals surface area contributed by atoms with E-state index in [1.54, 1.807) is 36.4 Å². The highest BCUT2D eigenvalue weighted by Crippen LogP contribution is 2.34. The van der Waals surface area contributed by atoms with Gasteiger partial charge in [-0.3, -0.25) is 0 Å². The minimum absolute atomic E-state index is 0.211. The Morgan fingerprint density at radius 2 is 0.902 bits per heavy atom. The minimum atomic E-state index is 0.211. The van der Waals surface area contributed by atoms with Gasteiger partial charge in [-0.25, -0.2) is 4.98 Å². The van der Waals surface area contributed by atoms with E-state index in [1.165, 1.54) is 0 Å². The molecule has 1 heterocycles. The molecular formula is C35H27N3O3. The molecular weight excluding hydrogens is 510 g/mol. The van der Waals surface area contributed by atoms with Crippen molar-refractivity contribution in [3.05, 3.63) is 133 Å². The van der Waals surface area contributed by atoms with E-state index in [-0.39, 0.29) is 5.75 Å².